The fourth-order valence-electron chi connectivity index (χ4n) is 1.77. The van der Waals surface area contributed by atoms with E-state index in [1.807, 2.05) is 31.2 Å². The van der Waals surface area contributed by atoms with E-state index in [1.54, 1.807) is 6.07 Å². The van der Waals surface area contributed by atoms with Crippen LogP contribution in [0.1, 0.15) is 24.9 Å². The molecule has 0 amide bonds. The average molecular weight is 279 g/mol. The van der Waals surface area contributed by atoms with Gasteiger partial charge in [-0.05, 0) is 36.2 Å². The van der Waals surface area contributed by atoms with Crippen molar-refractivity contribution in [3.63, 3.8) is 0 Å². The first-order valence-electron chi connectivity index (χ1n) is 6.09. The zero-order chi connectivity index (χ0) is 13.8. The van der Waals surface area contributed by atoms with E-state index >= 15 is 0 Å². The third-order valence-corrected chi connectivity index (χ3v) is 3.96. The number of nitrogens with two attached hydrogens (primary N) is 1. The molecule has 0 saturated heterocycles. The van der Waals surface area contributed by atoms with Gasteiger partial charge < -0.3 is 5.73 Å². The summed E-state index contributed by atoms with van der Waals surface area (Å²) in [6.07, 6.45) is 0.829. The highest BCUT2D eigenvalue weighted by Crippen LogP contribution is 2.33. The molecule has 19 heavy (non-hydrogen) atoms. The van der Waals surface area contributed by atoms with Gasteiger partial charge in [-0.15, -0.1) is 0 Å². The normalized spacial score (nSPS) is 12.4. The second-order valence-corrected chi connectivity index (χ2v) is 5.35. The van der Waals surface area contributed by atoms with E-state index < -0.39 is 11.6 Å². The summed E-state index contributed by atoms with van der Waals surface area (Å²) in [5, 5.41) is 0. The summed E-state index contributed by atoms with van der Waals surface area (Å²) in [5.41, 5.74) is 7.08. The van der Waals surface area contributed by atoms with Crippen molar-refractivity contribution < 1.29 is 8.78 Å². The summed E-state index contributed by atoms with van der Waals surface area (Å²) >= 11 is 1.39. The van der Waals surface area contributed by atoms with Crippen LogP contribution in [0.25, 0.3) is 0 Å². The van der Waals surface area contributed by atoms with Gasteiger partial charge in [0.15, 0.2) is 11.6 Å². The summed E-state index contributed by atoms with van der Waals surface area (Å²) < 4.78 is 26.1. The fourth-order valence-corrected chi connectivity index (χ4v) is 2.80. The number of hydrogen-bond acceptors (Lipinski definition) is 2. The highest BCUT2D eigenvalue weighted by atomic mass is 32.2. The lowest BCUT2D eigenvalue weighted by Crippen LogP contribution is -2.09. The largest absolute Gasteiger partial charge is 0.324 e. The predicted molar refractivity (Wildman–Crippen MR) is 74.1 cm³/mol. The lowest BCUT2D eigenvalue weighted by Gasteiger charge is -2.14. The summed E-state index contributed by atoms with van der Waals surface area (Å²) in [4.78, 5) is 1.64. The Kier molecular flexibility index (Phi) is 4.56. The Hall–Kier alpha value is -1.39. The van der Waals surface area contributed by atoms with Crippen molar-refractivity contribution >= 4 is 11.8 Å². The van der Waals surface area contributed by atoms with Crippen LogP contribution in [0, 0.1) is 11.6 Å². The topological polar surface area (TPSA) is 26.0 Å². The maximum Gasteiger partial charge on any atom is 0.159 e. The molecule has 0 aliphatic rings. The molecule has 1 unspecified atom stereocenters. The van der Waals surface area contributed by atoms with Crippen molar-refractivity contribution in [3.8, 4) is 0 Å². The molecule has 1 atom stereocenters. The van der Waals surface area contributed by atoms with Gasteiger partial charge in [0.25, 0.3) is 0 Å². The Balaban J connectivity index is 2.30. The van der Waals surface area contributed by atoms with Crippen LogP contribution < -0.4 is 5.73 Å². The monoisotopic (exact) mass is 279 g/mol. The van der Waals surface area contributed by atoms with Gasteiger partial charge >= 0.3 is 0 Å². The van der Waals surface area contributed by atoms with Gasteiger partial charge in [0, 0.05) is 15.8 Å². The molecule has 0 radical (unpaired) electrons. The van der Waals surface area contributed by atoms with Crippen LogP contribution in [0.4, 0.5) is 8.78 Å². The second-order valence-electron chi connectivity index (χ2n) is 4.23. The molecule has 4 heteroatoms. The molecule has 2 rings (SSSR count). The minimum atomic E-state index is -0.831. The molecular weight excluding hydrogens is 264 g/mol. The van der Waals surface area contributed by atoms with E-state index in [9.17, 15) is 8.78 Å². The van der Waals surface area contributed by atoms with Crippen LogP contribution >= 0.6 is 11.8 Å². The van der Waals surface area contributed by atoms with Crippen LogP contribution in [-0.2, 0) is 0 Å². The van der Waals surface area contributed by atoms with E-state index in [4.69, 9.17) is 5.73 Å². The minimum absolute atomic E-state index is 0.0472. The Morgan fingerprint density at radius 3 is 2.53 bits per heavy atom. The third-order valence-electron chi connectivity index (χ3n) is 2.88. The summed E-state index contributed by atoms with van der Waals surface area (Å²) in [5.74, 6) is -1.66. The Bertz CT molecular complexity index is 572. The minimum Gasteiger partial charge on any atom is -0.324 e. The molecule has 0 saturated carbocycles. The van der Waals surface area contributed by atoms with Crippen molar-refractivity contribution in [3.05, 3.63) is 59.7 Å². The molecule has 0 bridgehead atoms. The molecule has 0 aliphatic carbocycles. The number of rotatable bonds is 4. The molecule has 1 nitrogen and oxygen atoms in total. The molecule has 0 aliphatic heterocycles. The van der Waals surface area contributed by atoms with Crippen molar-refractivity contribution in [2.75, 3.05) is 0 Å². The van der Waals surface area contributed by atoms with Gasteiger partial charge in [0.05, 0.1) is 0 Å². The van der Waals surface area contributed by atoms with Crippen molar-refractivity contribution in [2.45, 2.75) is 29.2 Å². The summed E-state index contributed by atoms with van der Waals surface area (Å²) in [6.45, 7) is 2.02. The van der Waals surface area contributed by atoms with Gasteiger partial charge in [-0.25, -0.2) is 8.78 Å². The van der Waals surface area contributed by atoms with Crippen molar-refractivity contribution in [2.24, 2.45) is 5.73 Å². The Morgan fingerprint density at radius 1 is 1.11 bits per heavy atom. The van der Waals surface area contributed by atoms with E-state index in [-0.39, 0.29) is 6.04 Å². The highest BCUT2D eigenvalue weighted by molar-refractivity contribution is 7.99. The summed E-state index contributed by atoms with van der Waals surface area (Å²) in [6, 6.07) is 11.6. The first-order valence-corrected chi connectivity index (χ1v) is 6.91. The highest BCUT2D eigenvalue weighted by Gasteiger charge is 2.11. The zero-order valence-electron chi connectivity index (χ0n) is 10.6. The average Bonchev–Trinajstić information content (AvgIpc) is 2.43. The number of benzene rings is 2. The van der Waals surface area contributed by atoms with E-state index in [0.29, 0.717) is 4.90 Å². The van der Waals surface area contributed by atoms with Gasteiger partial charge in [0.1, 0.15) is 0 Å². The molecule has 100 valence electrons. The van der Waals surface area contributed by atoms with E-state index in [1.165, 1.54) is 17.8 Å². The lowest BCUT2D eigenvalue weighted by molar-refractivity contribution is 0.506. The molecule has 0 fully saturated rings. The molecule has 2 aromatic carbocycles. The summed E-state index contributed by atoms with van der Waals surface area (Å²) in [7, 11) is 0. The molecular formula is C15H15F2NS. The molecule has 0 spiro atoms. The maximum absolute atomic E-state index is 13.2. The maximum atomic E-state index is 13.2. The van der Waals surface area contributed by atoms with Crippen LogP contribution in [0.15, 0.2) is 52.3 Å². The van der Waals surface area contributed by atoms with E-state index in [0.717, 1.165) is 22.9 Å². The van der Waals surface area contributed by atoms with Gasteiger partial charge in [-0.2, -0.15) is 0 Å². The molecule has 2 aromatic rings. The quantitative estimate of drug-likeness (QED) is 0.890. The van der Waals surface area contributed by atoms with Crippen LogP contribution in [0.2, 0.25) is 0 Å². The van der Waals surface area contributed by atoms with Crippen LogP contribution in [0.5, 0.6) is 0 Å². The number of halogens is 2. The Labute approximate surface area is 115 Å². The van der Waals surface area contributed by atoms with Crippen LogP contribution in [0.3, 0.4) is 0 Å². The first-order chi connectivity index (χ1) is 9.11. The molecule has 2 N–H and O–H groups in total. The standard InChI is InChI=1S/C15H15F2NS/c1-2-14(18)11-5-3-4-6-15(11)19-10-7-8-12(16)13(17)9-10/h3-9,14H,2,18H2,1H3. The molecule has 0 aromatic heterocycles. The first kappa shape index (κ1) is 14.0. The second kappa shape index (κ2) is 6.17. The Morgan fingerprint density at radius 2 is 1.84 bits per heavy atom. The molecule has 0 heterocycles. The third kappa shape index (κ3) is 3.33. The van der Waals surface area contributed by atoms with Crippen LogP contribution in [-0.4, -0.2) is 0 Å². The number of hydrogen-bond donors (Lipinski definition) is 1. The lowest BCUT2D eigenvalue weighted by atomic mass is 10.1. The zero-order valence-corrected chi connectivity index (χ0v) is 11.4. The van der Waals surface area contributed by atoms with Gasteiger partial charge in [0.2, 0.25) is 0 Å². The van der Waals surface area contributed by atoms with Gasteiger partial charge in [-0.1, -0.05) is 36.9 Å². The smallest absolute Gasteiger partial charge is 0.159 e. The van der Waals surface area contributed by atoms with Crippen molar-refractivity contribution in [1.82, 2.24) is 0 Å². The van der Waals surface area contributed by atoms with Crippen molar-refractivity contribution in [1.29, 1.82) is 0 Å². The van der Waals surface area contributed by atoms with Gasteiger partial charge in [-0.3, -0.25) is 0 Å². The fraction of sp³-hybridized carbons (Fsp3) is 0.200. The predicted octanol–water partition coefficient (Wildman–Crippen LogP) is 4.53. The van der Waals surface area contributed by atoms with E-state index in [2.05, 4.69) is 0 Å². The SMILES string of the molecule is CCC(N)c1ccccc1Sc1ccc(F)c(F)c1.